The van der Waals surface area contributed by atoms with Crippen LogP contribution in [-0.4, -0.2) is 6.61 Å². The highest BCUT2D eigenvalue weighted by Crippen LogP contribution is 2.50. The highest BCUT2D eigenvalue weighted by atomic mass is 32.1. The largest absolute Gasteiger partial charge is 0.377 e. The van der Waals surface area contributed by atoms with Crippen molar-refractivity contribution < 1.29 is 4.74 Å². The quantitative estimate of drug-likeness (QED) is 0.800. The van der Waals surface area contributed by atoms with Gasteiger partial charge in [-0.3, -0.25) is 0 Å². The number of benzene rings is 1. The number of anilines is 1. The second-order valence-corrected chi connectivity index (χ2v) is 7.30. The summed E-state index contributed by atoms with van der Waals surface area (Å²) in [5.41, 5.74) is 4.84. The molecule has 114 valence electrons. The number of allylic oxidation sites excluding steroid dienone is 1. The maximum absolute atomic E-state index is 6.21. The minimum absolute atomic E-state index is 0.205. The summed E-state index contributed by atoms with van der Waals surface area (Å²) < 4.78 is 6.21. The Balaban J connectivity index is 1.78. The molecule has 3 heteroatoms. The van der Waals surface area contributed by atoms with E-state index in [1.54, 1.807) is 0 Å². The van der Waals surface area contributed by atoms with E-state index in [1.807, 2.05) is 11.3 Å². The molecule has 1 fully saturated rings. The van der Waals surface area contributed by atoms with Crippen molar-refractivity contribution in [1.82, 2.24) is 0 Å². The number of hydrogen-bond acceptors (Lipinski definition) is 3. The molecule has 0 spiro atoms. The van der Waals surface area contributed by atoms with Gasteiger partial charge in [-0.15, -0.1) is 11.3 Å². The van der Waals surface area contributed by atoms with Crippen LogP contribution in [0, 0.1) is 5.92 Å². The molecule has 1 N–H and O–H groups in total. The predicted octanol–water partition coefficient (Wildman–Crippen LogP) is 5.42. The lowest BCUT2D eigenvalue weighted by atomic mass is 9.79. The van der Waals surface area contributed by atoms with Crippen molar-refractivity contribution in [1.29, 1.82) is 0 Å². The topological polar surface area (TPSA) is 21.3 Å². The minimum Gasteiger partial charge on any atom is -0.377 e. The molecule has 2 aliphatic heterocycles. The third-order valence-corrected chi connectivity index (χ3v) is 5.76. The number of thiophene rings is 1. The van der Waals surface area contributed by atoms with Crippen LogP contribution in [0.25, 0.3) is 5.57 Å². The molecule has 3 atom stereocenters. The van der Waals surface area contributed by atoms with Crippen LogP contribution in [0.5, 0.6) is 0 Å². The molecule has 0 bridgehead atoms. The summed E-state index contributed by atoms with van der Waals surface area (Å²) in [7, 11) is 0. The van der Waals surface area contributed by atoms with Gasteiger partial charge >= 0.3 is 0 Å². The van der Waals surface area contributed by atoms with Crippen molar-refractivity contribution in [2.75, 3.05) is 11.9 Å². The fraction of sp³-hybridized carbons (Fsp3) is 0.368. The number of hydrogen-bond donors (Lipinski definition) is 1. The van der Waals surface area contributed by atoms with Crippen molar-refractivity contribution in [2.45, 2.75) is 31.9 Å². The molecule has 1 aromatic carbocycles. The van der Waals surface area contributed by atoms with Crippen molar-refractivity contribution >= 4 is 22.6 Å². The molecule has 4 rings (SSSR count). The van der Waals surface area contributed by atoms with Gasteiger partial charge in [-0.2, -0.15) is 0 Å². The van der Waals surface area contributed by atoms with E-state index in [2.05, 4.69) is 54.5 Å². The second kappa shape index (κ2) is 5.56. The number of ether oxygens (including phenoxy) is 1. The molecule has 0 amide bonds. The Morgan fingerprint density at radius 1 is 1.36 bits per heavy atom. The van der Waals surface area contributed by atoms with E-state index in [-0.39, 0.29) is 6.10 Å². The van der Waals surface area contributed by atoms with Gasteiger partial charge in [0.05, 0.1) is 12.1 Å². The Morgan fingerprint density at radius 2 is 2.27 bits per heavy atom. The number of nitrogens with one attached hydrogen (secondary N) is 1. The van der Waals surface area contributed by atoms with Crippen molar-refractivity contribution in [3.63, 3.8) is 0 Å². The van der Waals surface area contributed by atoms with E-state index in [9.17, 15) is 0 Å². The van der Waals surface area contributed by atoms with Gasteiger partial charge in [-0.25, -0.2) is 0 Å². The summed E-state index contributed by atoms with van der Waals surface area (Å²) in [5.74, 6) is 0.514. The average molecular weight is 311 g/mol. The van der Waals surface area contributed by atoms with Crippen LogP contribution < -0.4 is 5.32 Å². The SMILES string of the molecule is C=C(C)c1ccc2c(c1)[C@H]1OCCC[C@H]1[C@H](c1cccs1)N2. The lowest BCUT2D eigenvalue weighted by Gasteiger charge is -2.43. The second-order valence-electron chi connectivity index (χ2n) is 6.32. The Morgan fingerprint density at radius 3 is 3.05 bits per heavy atom. The zero-order chi connectivity index (χ0) is 15.1. The molecule has 22 heavy (non-hydrogen) atoms. The summed E-state index contributed by atoms with van der Waals surface area (Å²) in [6, 6.07) is 11.4. The van der Waals surface area contributed by atoms with Crippen LogP contribution in [0.3, 0.4) is 0 Å². The lowest BCUT2D eigenvalue weighted by molar-refractivity contribution is -0.0378. The van der Waals surface area contributed by atoms with Gasteiger partial charge in [0.15, 0.2) is 0 Å². The van der Waals surface area contributed by atoms with E-state index < -0.39 is 0 Å². The van der Waals surface area contributed by atoms with Gasteiger partial charge in [0.2, 0.25) is 0 Å². The summed E-state index contributed by atoms with van der Waals surface area (Å²) in [4.78, 5) is 1.41. The maximum atomic E-state index is 6.21. The zero-order valence-electron chi connectivity index (χ0n) is 12.8. The molecule has 0 aliphatic carbocycles. The Kier molecular flexibility index (Phi) is 3.55. The highest BCUT2D eigenvalue weighted by molar-refractivity contribution is 7.10. The van der Waals surface area contributed by atoms with Crippen molar-refractivity contribution in [2.24, 2.45) is 5.92 Å². The first-order valence-electron chi connectivity index (χ1n) is 7.95. The van der Waals surface area contributed by atoms with Crippen LogP contribution >= 0.6 is 11.3 Å². The molecule has 1 saturated heterocycles. The highest BCUT2D eigenvalue weighted by Gasteiger charge is 2.40. The third-order valence-electron chi connectivity index (χ3n) is 4.81. The van der Waals surface area contributed by atoms with E-state index in [4.69, 9.17) is 4.74 Å². The van der Waals surface area contributed by atoms with E-state index >= 15 is 0 Å². The van der Waals surface area contributed by atoms with Crippen molar-refractivity contribution in [3.8, 4) is 0 Å². The fourth-order valence-electron chi connectivity index (χ4n) is 3.69. The third kappa shape index (κ3) is 2.29. The molecule has 2 aliphatic rings. The summed E-state index contributed by atoms with van der Waals surface area (Å²) in [6.45, 7) is 7.01. The molecule has 1 aromatic heterocycles. The van der Waals surface area contributed by atoms with Gasteiger partial charge in [0.25, 0.3) is 0 Å². The van der Waals surface area contributed by atoms with Crippen LogP contribution in [0.4, 0.5) is 5.69 Å². The molecule has 2 aromatic rings. The standard InChI is InChI=1S/C19H21NOS/c1-12(2)13-7-8-16-15(11-13)19-14(5-3-9-21-19)18(20-16)17-6-4-10-22-17/h4,6-8,10-11,14,18-20H,1,3,5,9H2,2H3/t14-,18+,19-/m0/s1. The van der Waals surface area contributed by atoms with Crippen LogP contribution in [-0.2, 0) is 4.74 Å². The monoisotopic (exact) mass is 311 g/mol. The number of rotatable bonds is 2. The van der Waals surface area contributed by atoms with E-state index in [0.29, 0.717) is 12.0 Å². The first-order chi connectivity index (χ1) is 10.7. The molecule has 0 saturated carbocycles. The molecular formula is C19H21NOS. The molecule has 3 heterocycles. The predicted molar refractivity (Wildman–Crippen MR) is 93.2 cm³/mol. The Hall–Kier alpha value is -1.58. The van der Waals surface area contributed by atoms with Gasteiger partial charge < -0.3 is 10.1 Å². The van der Waals surface area contributed by atoms with Gasteiger partial charge in [0.1, 0.15) is 0 Å². The molecular weight excluding hydrogens is 290 g/mol. The first kappa shape index (κ1) is 14.0. The van der Waals surface area contributed by atoms with Gasteiger partial charge in [-0.05, 0) is 48.9 Å². The fourth-order valence-corrected chi connectivity index (χ4v) is 4.54. The molecule has 0 radical (unpaired) electrons. The summed E-state index contributed by atoms with van der Waals surface area (Å²) in [5, 5.41) is 5.93. The zero-order valence-corrected chi connectivity index (χ0v) is 13.7. The lowest BCUT2D eigenvalue weighted by Crippen LogP contribution is -2.35. The van der Waals surface area contributed by atoms with Gasteiger partial charge in [0, 0.05) is 28.7 Å². The number of fused-ring (bicyclic) bond motifs is 3. The van der Waals surface area contributed by atoms with Crippen LogP contribution in [0.1, 0.15) is 47.9 Å². The average Bonchev–Trinajstić information content (AvgIpc) is 3.08. The van der Waals surface area contributed by atoms with Crippen LogP contribution in [0.15, 0.2) is 42.3 Å². The maximum Gasteiger partial charge on any atom is 0.0896 e. The Bertz CT molecular complexity index is 691. The Labute approximate surface area is 135 Å². The first-order valence-corrected chi connectivity index (χ1v) is 8.83. The molecule has 0 unspecified atom stereocenters. The summed E-state index contributed by atoms with van der Waals surface area (Å²) >= 11 is 1.84. The smallest absolute Gasteiger partial charge is 0.0896 e. The van der Waals surface area contributed by atoms with E-state index in [1.165, 1.54) is 28.1 Å². The molecule has 2 nitrogen and oxygen atoms in total. The normalized spacial score (nSPS) is 26.7. The minimum atomic E-state index is 0.205. The van der Waals surface area contributed by atoms with E-state index in [0.717, 1.165) is 18.6 Å². The van der Waals surface area contributed by atoms with Gasteiger partial charge in [-0.1, -0.05) is 24.3 Å². The van der Waals surface area contributed by atoms with Crippen LogP contribution in [0.2, 0.25) is 0 Å². The van der Waals surface area contributed by atoms with Crippen molar-refractivity contribution in [3.05, 3.63) is 58.3 Å². The summed E-state index contributed by atoms with van der Waals surface area (Å²) in [6.07, 6.45) is 2.58.